The number of nitrogens with one attached hydrogen (secondary N) is 1. The molecule has 0 aliphatic carbocycles. The van der Waals surface area contributed by atoms with Crippen molar-refractivity contribution in [2.24, 2.45) is 0 Å². The molecule has 0 saturated carbocycles. The van der Waals surface area contributed by atoms with Crippen molar-refractivity contribution >= 4 is 39.8 Å². The van der Waals surface area contributed by atoms with Gasteiger partial charge in [0.05, 0.1) is 38.8 Å². The van der Waals surface area contributed by atoms with Gasteiger partial charge in [0.25, 0.3) is 0 Å². The maximum atomic E-state index is 9.75. The third-order valence-corrected chi connectivity index (χ3v) is 5.26. The zero-order valence-corrected chi connectivity index (χ0v) is 20.5. The molecule has 11 heteroatoms. The van der Waals surface area contributed by atoms with Crippen LogP contribution in [0.1, 0.15) is 0 Å². The van der Waals surface area contributed by atoms with Gasteiger partial charge in [0.15, 0.2) is 11.5 Å². The summed E-state index contributed by atoms with van der Waals surface area (Å²) in [5.41, 5.74) is 2.60. The molecule has 184 valence electrons. The van der Waals surface area contributed by atoms with Crippen molar-refractivity contribution in [1.82, 2.24) is 0 Å². The summed E-state index contributed by atoms with van der Waals surface area (Å²) < 4.78 is 62.2. The third-order valence-electron chi connectivity index (χ3n) is 4.76. The van der Waals surface area contributed by atoms with Gasteiger partial charge >= 0.3 is 7.25 Å². The number of benzene rings is 3. The van der Waals surface area contributed by atoms with Crippen molar-refractivity contribution in [2.75, 3.05) is 21.3 Å². The van der Waals surface area contributed by atoms with Crippen LogP contribution < -0.4 is 24.6 Å². The first kappa shape index (κ1) is 26.1. The Bertz CT molecular complexity index is 1370. The first-order valence-electron chi connectivity index (χ1n) is 10.2. The van der Waals surface area contributed by atoms with Crippen LogP contribution in [-0.4, -0.2) is 28.6 Å². The van der Waals surface area contributed by atoms with E-state index in [-0.39, 0.29) is 0 Å². The molecule has 3 aromatic carbocycles. The highest BCUT2D eigenvalue weighted by Gasteiger charge is 2.20. The average molecular weight is 554 g/mol. The molecule has 0 aliphatic rings. The smallest absolute Gasteiger partial charge is 0.497 e. The molecule has 0 spiro atoms. The summed E-state index contributed by atoms with van der Waals surface area (Å²) in [4.78, 5) is 3.49. The lowest BCUT2D eigenvalue weighted by Gasteiger charge is -2.06. The molecule has 0 aliphatic heterocycles. The number of fused-ring (bicyclic) bond motifs is 1. The molecule has 0 saturated heterocycles. The standard InChI is InChI=1S/C24H20BrNO4.BF4/c1-27-18-8-4-15(5-9-18)23-14-20(19-12-16(25)6-10-21(19)30-23)26-17-7-11-22(28-2)24(13-17)29-3;2-1(3,4)5/h4-14H,1-3H3;/q;-1/p+1. The van der Waals surface area contributed by atoms with Gasteiger partial charge in [-0.25, -0.2) is 4.99 Å². The molecular weight excluding hydrogens is 533 g/mol. The molecule has 0 fully saturated rings. The van der Waals surface area contributed by atoms with Crippen molar-refractivity contribution in [3.05, 3.63) is 76.6 Å². The van der Waals surface area contributed by atoms with E-state index >= 15 is 0 Å². The number of hydrogen-bond acceptors (Lipinski definition) is 4. The lowest BCUT2D eigenvalue weighted by atomic mass is 10.1. The predicted octanol–water partition coefficient (Wildman–Crippen LogP) is 5.50. The molecule has 35 heavy (non-hydrogen) atoms. The summed E-state index contributed by atoms with van der Waals surface area (Å²) >= 11 is 3.55. The minimum Gasteiger partial charge on any atom is -0.497 e. The molecule has 0 radical (unpaired) electrons. The molecule has 0 atom stereocenters. The van der Waals surface area contributed by atoms with Gasteiger partial charge in [0.2, 0.25) is 11.0 Å². The summed E-state index contributed by atoms with van der Waals surface area (Å²) in [7, 11) is -1.11. The van der Waals surface area contributed by atoms with Gasteiger partial charge in [-0.3, -0.25) is 0 Å². The summed E-state index contributed by atoms with van der Waals surface area (Å²) in [5, 5.41) is 1.87. The van der Waals surface area contributed by atoms with Crippen LogP contribution >= 0.6 is 15.9 Å². The van der Waals surface area contributed by atoms with Crippen molar-refractivity contribution in [3.8, 4) is 28.6 Å². The second kappa shape index (κ2) is 11.3. The zero-order chi connectivity index (χ0) is 25.6. The monoisotopic (exact) mass is 553 g/mol. The van der Waals surface area contributed by atoms with Crippen molar-refractivity contribution in [2.45, 2.75) is 0 Å². The fraction of sp³-hybridized carbons (Fsp3) is 0.125. The fourth-order valence-corrected chi connectivity index (χ4v) is 3.59. The molecule has 1 heterocycles. The zero-order valence-electron chi connectivity index (χ0n) is 19.0. The highest BCUT2D eigenvalue weighted by molar-refractivity contribution is 9.10. The van der Waals surface area contributed by atoms with E-state index in [1.54, 1.807) is 21.3 Å². The Morgan fingerprint density at radius 2 is 1.43 bits per heavy atom. The molecule has 0 unspecified atom stereocenters. The van der Waals surface area contributed by atoms with Crippen LogP contribution in [0.2, 0.25) is 0 Å². The maximum absolute atomic E-state index is 9.75. The van der Waals surface area contributed by atoms with Gasteiger partial charge in [0, 0.05) is 16.1 Å². The van der Waals surface area contributed by atoms with Gasteiger partial charge in [-0.1, -0.05) is 15.9 Å². The second-order valence-electron chi connectivity index (χ2n) is 7.08. The highest BCUT2D eigenvalue weighted by atomic mass is 79.9. The van der Waals surface area contributed by atoms with E-state index < -0.39 is 7.25 Å². The van der Waals surface area contributed by atoms with Gasteiger partial charge in [-0.15, -0.1) is 0 Å². The van der Waals surface area contributed by atoms with E-state index in [1.165, 1.54) is 0 Å². The number of ether oxygens (including phenoxy) is 3. The van der Waals surface area contributed by atoms with Crippen molar-refractivity contribution in [1.29, 1.82) is 0 Å². The molecule has 0 bridgehead atoms. The molecule has 1 N–H and O–H groups in total. The Labute approximate surface area is 207 Å². The average Bonchev–Trinajstić information content (AvgIpc) is 2.83. The van der Waals surface area contributed by atoms with Gasteiger partial charge in [-0.05, 0) is 48.5 Å². The number of halogens is 5. The molecule has 4 aromatic rings. The van der Waals surface area contributed by atoms with Gasteiger partial charge in [0.1, 0.15) is 17.1 Å². The SMILES string of the molecule is COc1ccc(-c2cc(=[NH+]c3ccc(OC)c(OC)c3)c3cc(Br)ccc3o2)cc1.F[B-](F)(F)F. The summed E-state index contributed by atoms with van der Waals surface area (Å²) in [6.45, 7) is 0. The quantitative estimate of drug-likeness (QED) is 0.262. The third kappa shape index (κ3) is 7.26. The van der Waals surface area contributed by atoms with Gasteiger partial charge in [-0.2, -0.15) is 0 Å². The van der Waals surface area contributed by atoms with E-state index in [0.717, 1.165) is 43.6 Å². The molecule has 4 rings (SSSR count). The van der Waals surface area contributed by atoms with Crippen LogP contribution in [0.3, 0.4) is 0 Å². The first-order chi connectivity index (χ1) is 16.6. The lowest BCUT2D eigenvalue weighted by molar-refractivity contribution is -0.401. The molecule has 0 amide bonds. The Balaban J connectivity index is 0.000000623. The maximum Gasteiger partial charge on any atom is 0.673 e. The molecular formula is C24H21BBrF4NO4. The molecule has 5 nitrogen and oxygen atoms in total. The Morgan fingerprint density at radius 3 is 2.03 bits per heavy atom. The van der Waals surface area contributed by atoms with E-state index in [0.29, 0.717) is 11.5 Å². The second-order valence-corrected chi connectivity index (χ2v) is 8.00. The minimum atomic E-state index is -6.00. The van der Waals surface area contributed by atoms with Crippen LogP contribution in [0.15, 0.2) is 75.6 Å². The van der Waals surface area contributed by atoms with E-state index in [9.17, 15) is 17.3 Å². The Hall–Kier alpha value is -3.47. The van der Waals surface area contributed by atoms with Crippen LogP contribution in [0, 0.1) is 0 Å². The fourth-order valence-electron chi connectivity index (χ4n) is 3.23. The lowest BCUT2D eigenvalue weighted by Crippen LogP contribution is -2.70. The number of methoxy groups -OCH3 is 3. The highest BCUT2D eigenvalue weighted by Crippen LogP contribution is 2.28. The number of rotatable bonds is 5. The topological polar surface area (TPSA) is 54.8 Å². The van der Waals surface area contributed by atoms with Crippen LogP contribution in [0.4, 0.5) is 23.0 Å². The largest absolute Gasteiger partial charge is 0.673 e. The summed E-state index contributed by atoms with van der Waals surface area (Å²) in [5.74, 6) is 2.88. The van der Waals surface area contributed by atoms with Crippen LogP contribution in [-0.2, 0) is 0 Å². The van der Waals surface area contributed by atoms with E-state index in [1.807, 2.05) is 66.7 Å². The normalized spacial score (nSPS) is 11.6. The van der Waals surface area contributed by atoms with E-state index in [2.05, 4.69) is 20.9 Å². The summed E-state index contributed by atoms with van der Waals surface area (Å²) in [6, 6.07) is 21.4. The first-order valence-corrected chi connectivity index (χ1v) is 11.0. The Kier molecular flexibility index (Phi) is 8.45. The van der Waals surface area contributed by atoms with Crippen LogP contribution in [0.5, 0.6) is 17.2 Å². The van der Waals surface area contributed by atoms with E-state index in [4.69, 9.17) is 18.6 Å². The Morgan fingerprint density at radius 1 is 0.771 bits per heavy atom. The minimum absolute atomic E-state index is 0.656. The van der Waals surface area contributed by atoms with Gasteiger partial charge < -0.3 is 35.9 Å². The van der Waals surface area contributed by atoms with Crippen LogP contribution in [0.25, 0.3) is 22.3 Å². The predicted molar refractivity (Wildman–Crippen MR) is 129 cm³/mol. The number of hydrogen-bond donors (Lipinski definition) is 1. The van der Waals surface area contributed by atoms with Crippen molar-refractivity contribution < 1.29 is 40.9 Å². The summed E-state index contributed by atoms with van der Waals surface area (Å²) in [6.07, 6.45) is 0. The molecule has 1 aromatic heterocycles. The van der Waals surface area contributed by atoms with Crippen molar-refractivity contribution in [3.63, 3.8) is 0 Å².